The molecule has 5 N–H and O–H groups in total. The Hall–Kier alpha value is -1.08. The van der Waals surface area contributed by atoms with Crippen molar-refractivity contribution in [3.05, 3.63) is 24.4 Å². The van der Waals surface area contributed by atoms with Crippen LogP contribution in [0.4, 0.5) is 0 Å². The van der Waals surface area contributed by atoms with Crippen LogP contribution in [0.5, 0.6) is 0 Å². The van der Waals surface area contributed by atoms with Gasteiger partial charge in [-0.25, -0.2) is 4.98 Å². The van der Waals surface area contributed by atoms with E-state index in [1.165, 1.54) is 0 Å². The van der Waals surface area contributed by atoms with Crippen LogP contribution >= 0.6 is 21.6 Å². The molecule has 58 heavy (non-hydrogen) atoms. The van der Waals surface area contributed by atoms with Crippen LogP contribution in [0.3, 0.4) is 0 Å². The van der Waals surface area contributed by atoms with Gasteiger partial charge < -0.3 is 33.7 Å². The molecule has 0 radical (unpaired) electrons. The molecule has 1 aromatic rings. The molecule has 0 fully saturated rings. The Kier molecular flexibility index (Phi) is 29.2. The summed E-state index contributed by atoms with van der Waals surface area (Å²) >= 11 is 0. The Labute approximate surface area is 361 Å². The van der Waals surface area contributed by atoms with Gasteiger partial charge >= 0.3 is 0 Å². The third kappa shape index (κ3) is 32.7. The van der Waals surface area contributed by atoms with E-state index >= 15 is 0 Å². The van der Waals surface area contributed by atoms with Crippen LogP contribution in [0.2, 0.25) is 0 Å². The minimum Gasteiger partial charge on any atom is -0.379 e. The number of hydrogen-bond donors (Lipinski definition) is 5. The lowest BCUT2D eigenvalue weighted by Gasteiger charge is -2.33. The number of nitrogens with zero attached hydrogens (tertiary/aromatic N) is 1. The molecule has 0 atom stereocenters. The molecule has 0 unspecified atom stereocenters. The van der Waals surface area contributed by atoms with Gasteiger partial charge in [0.25, 0.3) is 0 Å². The number of pyridine rings is 1. The van der Waals surface area contributed by atoms with Crippen molar-refractivity contribution >= 4 is 27.5 Å². The zero-order valence-corrected chi connectivity index (χ0v) is 40.0. The Morgan fingerprint density at radius 2 is 1.14 bits per heavy atom. The summed E-state index contributed by atoms with van der Waals surface area (Å²) in [7, 11) is 3.23. The van der Waals surface area contributed by atoms with Crippen molar-refractivity contribution in [2.24, 2.45) is 0 Å². The quantitative estimate of drug-likeness (QED) is 0.0259. The van der Waals surface area contributed by atoms with Crippen LogP contribution in [0.25, 0.3) is 0 Å². The summed E-state index contributed by atoms with van der Waals surface area (Å²) < 4.78 is 36.7. The number of nitrogens with one attached hydrogen (secondary N) is 5. The second kappa shape index (κ2) is 30.9. The average Bonchev–Trinajstić information content (AvgIpc) is 3.12. The van der Waals surface area contributed by atoms with E-state index in [1.54, 1.807) is 27.8 Å². The number of ether oxygens (including phenoxy) is 6. The van der Waals surface area contributed by atoms with E-state index < -0.39 is 5.60 Å². The molecule has 0 saturated carbocycles. The van der Waals surface area contributed by atoms with E-state index in [0.717, 1.165) is 62.4 Å². The number of amides is 1. The number of aromatic nitrogens is 1. The number of hydrazine groups is 2. The van der Waals surface area contributed by atoms with E-state index in [-0.39, 0.29) is 41.0 Å². The number of hydrogen-bond acceptors (Lipinski definition) is 14. The highest BCUT2D eigenvalue weighted by Gasteiger charge is 2.26. The molecular weight excluding hydrogens is 777 g/mol. The predicted molar refractivity (Wildman–Crippen MR) is 241 cm³/mol. The first-order chi connectivity index (χ1) is 27.3. The molecule has 0 aliphatic carbocycles. The van der Waals surface area contributed by atoms with Crippen molar-refractivity contribution in [3.8, 4) is 0 Å². The summed E-state index contributed by atoms with van der Waals surface area (Å²) in [5, 5.41) is 4.00. The first-order valence-corrected chi connectivity index (χ1v) is 23.8. The first-order valence-electron chi connectivity index (χ1n) is 21.5. The molecule has 0 spiro atoms. The first kappa shape index (κ1) is 54.9. The van der Waals surface area contributed by atoms with Gasteiger partial charge in [-0.15, -0.1) is 0 Å². The summed E-state index contributed by atoms with van der Waals surface area (Å²) in [6, 6.07) is 5.84. The lowest BCUT2D eigenvalue weighted by molar-refractivity contribution is -0.121. The van der Waals surface area contributed by atoms with Crippen molar-refractivity contribution in [1.82, 2.24) is 32.0 Å². The van der Waals surface area contributed by atoms with Gasteiger partial charge in [0.05, 0.1) is 60.5 Å². The molecule has 13 nitrogen and oxygen atoms in total. The van der Waals surface area contributed by atoms with E-state index in [4.69, 9.17) is 28.4 Å². The molecule has 1 aromatic heterocycles. The van der Waals surface area contributed by atoms with Gasteiger partial charge in [0.15, 0.2) is 0 Å². The molecule has 0 aliphatic heterocycles. The normalized spacial score (nSPS) is 13.0. The molecule has 1 rings (SSSR count). The second-order valence-electron chi connectivity index (χ2n) is 17.6. The smallest absolute Gasteiger partial charge is 0.220 e. The van der Waals surface area contributed by atoms with Crippen LogP contribution in [-0.4, -0.2) is 123 Å². The highest BCUT2D eigenvalue weighted by molar-refractivity contribution is 8.76. The molecule has 0 aromatic carbocycles. The summed E-state index contributed by atoms with van der Waals surface area (Å²) in [5.41, 5.74) is 12.1. The highest BCUT2D eigenvalue weighted by atomic mass is 33.1. The van der Waals surface area contributed by atoms with Crippen LogP contribution in [0.1, 0.15) is 128 Å². The Morgan fingerprint density at radius 1 is 0.638 bits per heavy atom. The third-order valence-corrected chi connectivity index (χ3v) is 11.4. The third-order valence-electron chi connectivity index (χ3n) is 9.11. The summed E-state index contributed by atoms with van der Waals surface area (Å²) in [5.74, 6) is 0.786. The summed E-state index contributed by atoms with van der Waals surface area (Å²) in [6.07, 6.45) is 7.56. The van der Waals surface area contributed by atoms with Gasteiger partial charge in [-0.2, -0.15) is 0 Å². The Morgan fingerprint density at radius 3 is 1.66 bits per heavy atom. The maximum atomic E-state index is 12.4. The molecule has 1 amide bonds. The molecule has 0 saturated heterocycles. The van der Waals surface area contributed by atoms with E-state index in [1.807, 2.05) is 18.2 Å². The molecule has 0 aliphatic rings. The second-order valence-corrected chi connectivity index (χ2v) is 20.1. The van der Waals surface area contributed by atoms with Crippen LogP contribution < -0.4 is 27.0 Å². The molecule has 0 bridgehead atoms. The fourth-order valence-electron chi connectivity index (χ4n) is 5.44. The minimum atomic E-state index is -0.391. The van der Waals surface area contributed by atoms with Crippen molar-refractivity contribution in [2.75, 3.05) is 71.5 Å². The van der Waals surface area contributed by atoms with Crippen molar-refractivity contribution < 1.29 is 33.2 Å². The topological polar surface area (TPSA) is 145 Å². The van der Waals surface area contributed by atoms with E-state index in [2.05, 4.69) is 115 Å². The molecule has 340 valence electrons. The minimum absolute atomic E-state index is 0.0228. The maximum absolute atomic E-state index is 12.4. The summed E-state index contributed by atoms with van der Waals surface area (Å²) in [6.45, 7) is 31.7. The van der Waals surface area contributed by atoms with Crippen molar-refractivity contribution in [3.63, 3.8) is 0 Å². The van der Waals surface area contributed by atoms with Crippen molar-refractivity contribution in [2.45, 2.75) is 174 Å². The largest absolute Gasteiger partial charge is 0.379 e. The van der Waals surface area contributed by atoms with Gasteiger partial charge in [-0.05, 0) is 145 Å². The van der Waals surface area contributed by atoms with Gasteiger partial charge in [-0.1, -0.05) is 16.9 Å². The van der Waals surface area contributed by atoms with E-state index in [9.17, 15) is 4.79 Å². The standard InChI is InChI=1S/C43H84N6O7S2/c1-35(2)51-29-20-41(7,8)54-32-27-48-46-24-16-37(17-25-47-49-28-33-55-42(9,10)21-30-52-36(3)4)56-43(11,12)22-31-53-40(5,6)19-26-44-38(50)18-34-57-58-39-15-13-14-23-45-39/h13-15,23,35-37,46-49H,16-22,24-34H2,1-12H3,(H,44,50). The maximum Gasteiger partial charge on any atom is 0.220 e. The van der Waals surface area contributed by atoms with Gasteiger partial charge in [-0.3, -0.25) is 26.5 Å². The number of carbonyl (C=O) groups excluding carboxylic acids is 1. The molecule has 1 heterocycles. The highest BCUT2D eigenvalue weighted by Crippen LogP contribution is 2.29. The zero-order chi connectivity index (χ0) is 43.3. The molecule has 15 heteroatoms. The SMILES string of the molecule is CC(C)OCCC(C)(C)OCCNNCCC(CCNNCCOC(C)(C)CCOC(C)C)OC(C)(C)CCOC(C)(C)CCNC(=O)CCSSc1ccccn1. The number of rotatable bonds is 38. The van der Waals surface area contributed by atoms with Crippen molar-refractivity contribution in [1.29, 1.82) is 0 Å². The van der Waals surface area contributed by atoms with E-state index in [0.29, 0.717) is 59.1 Å². The average molecular weight is 861 g/mol. The summed E-state index contributed by atoms with van der Waals surface area (Å²) in [4.78, 5) is 16.7. The van der Waals surface area contributed by atoms with Crippen LogP contribution in [0.15, 0.2) is 29.4 Å². The fraction of sp³-hybridized carbons (Fsp3) is 0.860. The van der Waals surface area contributed by atoms with Gasteiger partial charge in [0.1, 0.15) is 5.03 Å². The molecular formula is C43H84N6O7S2. The van der Waals surface area contributed by atoms with Crippen LogP contribution in [-0.2, 0) is 33.2 Å². The zero-order valence-electron chi connectivity index (χ0n) is 38.4. The van der Waals surface area contributed by atoms with Gasteiger partial charge in [0, 0.05) is 64.3 Å². The Bertz CT molecular complexity index is 1130. The Balaban J connectivity index is 2.48. The lowest BCUT2D eigenvalue weighted by Crippen LogP contribution is -2.42. The monoisotopic (exact) mass is 861 g/mol. The fourth-order valence-corrected chi connectivity index (χ4v) is 7.31. The number of carbonyl (C=O) groups is 1. The van der Waals surface area contributed by atoms with Gasteiger partial charge in [0.2, 0.25) is 5.91 Å². The van der Waals surface area contributed by atoms with Crippen LogP contribution in [0, 0.1) is 0 Å². The predicted octanol–water partition coefficient (Wildman–Crippen LogP) is 7.26. The lowest BCUT2D eigenvalue weighted by atomic mass is 10.0.